The average Bonchev–Trinajstić information content (AvgIpc) is 3.54. The number of nitrogens with zero attached hydrogens (tertiary/aromatic N) is 6. The van der Waals surface area contributed by atoms with Crippen molar-refractivity contribution in [2.24, 2.45) is 0 Å². The van der Waals surface area contributed by atoms with Crippen LogP contribution >= 0.6 is 15.9 Å². The van der Waals surface area contributed by atoms with Gasteiger partial charge in [-0.3, -0.25) is 29.5 Å². The molecule has 3 aromatic carbocycles. The first kappa shape index (κ1) is 41.1. The number of hydrogen-bond donors (Lipinski definition) is 2. The summed E-state index contributed by atoms with van der Waals surface area (Å²) in [4.78, 5) is 55.6. The molecule has 1 unspecified atom stereocenters. The smallest absolute Gasteiger partial charge is 0.255 e. The second kappa shape index (κ2) is 17.9. The van der Waals surface area contributed by atoms with Crippen molar-refractivity contribution in [3.63, 3.8) is 0 Å². The van der Waals surface area contributed by atoms with E-state index in [2.05, 4.69) is 60.3 Å². The van der Waals surface area contributed by atoms with Crippen molar-refractivity contribution in [2.45, 2.75) is 64.1 Å². The first-order valence-electron chi connectivity index (χ1n) is 20.7. The Bertz CT molecular complexity index is 2230. The molecule has 3 saturated heterocycles. The Hall–Kier alpha value is -4.70. The number of methoxy groups -OCH3 is 1. The highest BCUT2D eigenvalue weighted by Gasteiger charge is 2.40. The number of anilines is 1. The number of aryl methyl sites for hydroxylation is 1. The summed E-state index contributed by atoms with van der Waals surface area (Å²) >= 11 is 3.57. The first-order chi connectivity index (χ1) is 28.5. The van der Waals surface area contributed by atoms with Crippen LogP contribution in [0.3, 0.4) is 0 Å². The van der Waals surface area contributed by atoms with Crippen LogP contribution < -0.4 is 20.1 Å². The molecule has 5 heterocycles. The Morgan fingerprint density at radius 1 is 0.915 bits per heavy atom. The molecule has 13 nitrogen and oxygen atoms in total. The molecular formula is C44H52BrFN8O5. The number of aromatic nitrogens is 2. The number of carbonyl (C=O) groups is 3. The summed E-state index contributed by atoms with van der Waals surface area (Å²) in [6.07, 6.45) is 2.19. The monoisotopic (exact) mass is 870 g/mol. The summed E-state index contributed by atoms with van der Waals surface area (Å²) < 4.78 is 28.6. The van der Waals surface area contributed by atoms with Gasteiger partial charge in [0.15, 0.2) is 11.5 Å². The van der Waals surface area contributed by atoms with Crippen molar-refractivity contribution in [1.29, 1.82) is 0 Å². The molecule has 3 fully saturated rings. The lowest BCUT2D eigenvalue weighted by molar-refractivity contribution is -0.136. The van der Waals surface area contributed by atoms with E-state index >= 15 is 4.39 Å². The highest BCUT2D eigenvalue weighted by Crippen LogP contribution is 2.37. The maximum Gasteiger partial charge on any atom is 0.255 e. The molecule has 8 rings (SSSR count). The van der Waals surface area contributed by atoms with Gasteiger partial charge < -0.3 is 24.6 Å². The van der Waals surface area contributed by atoms with Gasteiger partial charge in [0.1, 0.15) is 30.1 Å². The van der Waals surface area contributed by atoms with Gasteiger partial charge in [-0.1, -0.05) is 34.1 Å². The Labute approximate surface area is 352 Å². The number of piperazine rings is 1. The van der Waals surface area contributed by atoms with Gasteiger partial charge in [-0.2, -0.15) is 0 Å². The number of ether oxygens (including phenoxy) is 2. The number of carbonyl (C=O) groups excluding carboxylic acids is 3. The number of piperidine rings is 2. The molecule has 2 atom stereocenters. The molecule has 3 amide bonds. The summed E-state index contributed by atoms with van der Waals surface area (Å²) in [5.74, 6) is 1.33. The lowest BCUT2D eigenvalue weighted by Crippen LogP contribution is -2.52. The fourth-order valence-electron chi connectivity index (χ4n) is 8.89. The van der Waals surface area contributed by atoms with Crippen molar-refractivity contribution in [3.8, 4) is 11.5 Å². The van der Waals surface area contributed by atoms with Crippen molar-refractivity contribution in [2.75, 3.05) is 77.9 Å². The van der Waals surface area contributed by atoms with E-state index in [1.54, 1.807) is 7.11 Å². The molecule has 4 aliphatic rings. The third kappa shape index (κ3) is 9.23. The van der Waals surface area contributed by atoms with E-state index in [0.717, 1.165) is 104 Å². The number of imide groups is 1. The van der Waals surface area contributed by atoms with Crippen LogP contribution in [-0.4, -0.2) is 126 Å². The molecule has 312 valence electrons. The molecule has 1 aromatic heterocycles. The largest absolute Gasteiger partial charge is 0.493 e. The van der Waals surface area contributed by atoms with Crippen LogP contribution in [0.5, 0.6) is 11.5 Å². The van der Waals surface area contributed by atoms with E-state index in [0.29, 0.717) is 35.1 Å². The van der Waals surface area contributed by atoms with Crippen LogP contribution in [0.15, 0.2) is 53.0 Å². The number of likely N-dealkylation sites (tertiary alicyclic amines) is 1. The van der Waals surface area contributed by atoms with Crippen LogP contribution in [-0.2, 0) is 16.1 Å². The van der Waals surface area contributed by atoms with Crippen LogP contribution in [0.25, 0.3) is 10.9 Å². The molecule has 0 saturated carbocycles. The van der Waals surface area contributed by atoms with Gasteiger partial charge >= 0.3 is 0 Å². The molecule has 0 bridgehead atoms. The van der Waals surface area contributed by atoms with E-state index in [-0.39, 0.29) is 49.0 Å². The maximum absolute atomic E-state index is 15.4. The number of nitrogens with one attached hydrogen (secondary N) is 2. The summed E-state index contributed by atoms with van der Waals surface area (Å²) in [7, 11) is 1.65. The quantitative estimate of drug-likeness (QED) is 0.162. The van der Waals surface area contributed by atoms with Gasteiger partial charge in [0.25, 0.3) is 5.91 Å². The summed E-state index contributed by atoms with van der Waals surface area (Å²) in [5, 5.41) is 6.76. The minimum absolute atomic E-state index is 0.0274. The predicted octanol–water partition coefficient (Wildman–Crippen LogP) is 5.66. The van der Waals surface area contributed by atoms with Gasteiger partial charge in [-0.15, -0.1) is 0 Å². The van der Waals surface area contributed by atoms with Gasteiger partial charge in [-0.25, -0.2) is 14.4 Å². The molecule has 4 aliphatic heterocycles. The molecule has 0 spiro atoms. The van der Waals surface area contributed by atoms with Gasteiger partial charge in [0.05, 0.1) is 18.7 Å². The lowest BCUT2D eigenvalue weighted by Gasteiger charge is -2.37. The third-order valence-corrected chi connectivity index (χ3v) is 12.8. The summed E-state index contributed by atoms with van der Waals surface area (Å²) in [6, 6.07) is 14.7. The Morgan fingerprint density at radius 3 is 2.36 bits per heavy atom. The molecular weight excluding hydrogens is 819 g/mol. The summed E-state index contributed by atoms with van der Waals surface area (Å²) in [5.41, 5.74) is 3.68. The molecule has 15 heteroatoms. The molecule has 0 aliphatic carbocycles. The third-order valence-electron chi connectivity index (χ3n) is 12.3. The van der Waals surface area contributed by atoms with Crippen LogP contribution in [0.4, 0.5) is 10.2 Å². The standard InChI is InChI=1S/C44H52BrFN8O5/c1-27(30-5-4-6-32(45)21-30)47-42-35-24-39(58-3)40(25-37(35)48-28(2)49-42)59-20-19-53-17-15-52(16-18-53)14-13-51-11-9-29(10-12-51)33-22-31-26-54(44(57)34(31)23-36(33)46)38-7-8-41(55)50-43(38)56/h4-6,21-25,27,29,38H,7-20,26H2,1-3H3,(H,47,48,49)(H,50,55,56)/t27-,38?/m1/s1. The summed E-state index contributed by atoms with van der Waals surface area (Å²) in [6.45, 7) is 13.3. The van der Waals surface area contributed by atoms with E-state index in [1.807, 2.05) is 37.3 Å². The Balaban J connectivity index is 0.776. The van der Waals surface area contributed by atoms with Crippen LogP contribution in [0, 0.1) is 12.7 Å². The van der Waals surface area contributed by atoms with E-state index in [1.165, 1.54) is 11.0 Å². The fourth-order valence-corrected chi connectivity index (χ4v) is 9.31. The van der Waals surface area contributed by atoms with Crippen molar-refractivity contribution < 1.29 is 28.2 Å². The van der Waals surface area contributed by atoms with Gasteiger partial charge in [0, 0.05) is 80.3 Å². The average molecular weight is 872 g/mol. The lowest BCUT2D eigenvalue weighted by atomic mass is 9.87. The second-order valence-electron chi connectivity index (χ2n) is 16.1. The number of fused-ring (bicyclic) bond motifs is 2. The normalized spacial score (nSPS) is 20.2. The molecule has 4 aromatic rings. The van der Waals surface area contributed by atoms with E-state index < -0.39 is 11.9 Å². The highest BCUT2D eigenvalue weighted by atomic mass is 79.9. The van der Waals surface area contributed by atoms with Crippen molar-refractivity contribution >= 4 is 50.4 Å². The van der Waals surface area contributed by atoms with Crippen molar-refractivity contribution in [3.05, 3.63) is 86.9 Å². The van der Waals surface area contributed by atoms with Crippen LogP contribution in [0.2, 0.25) is 0 Å². The molecule has 59 heavy (non-hydrogen) atoms. The van der Waals surface area contributed by atoms with Gasteiger partial charge in [0.2, 0.25) is 11.8 Å². The number of benzene rings is 3. The first-order valence-corrected chi connectivity index (χ1v) is 21.5. The minimum atomic E-state index is -0.706. The van der Waals surface area contributed by atoms with Crippen molar-refractivity contribution in [1.82, 2.24) is 34.9 Å². The zero-order valence-electron chi connectivity index (χ0n) is 33.9. The SMILES string of the molecule is COc1cc2c(N[C@H](C)c3cccc(Br)c3)nc(C)nc2cc1OCCN1CCN(CCN2CCC(c3cc4c(cc3F)C(=O)N(C3CCC(=O)NC3=O)C4)CC2)CC1. The zero-order valence-corrected chi connectivity index (χ0v) is 35.5. The maximum atomic E-state index is 15.4. The number of hydrogen-bond acceptors (Lipinski definition) is 11. The number of amides is 3. The number of halogens is 2. The Morgan fingerprint density at radius 2 is 1.64 bits per heavy atom. The Kier molecular flexibility index (Phi) is 12.4. The van der Waals surface area contributed by atoms with E-state index in [9.17, 15) is 14.4 Å². The highest BCUT2D eigenvalue weighted by molar-refractivity contribution is 9.10. The van der Waals surface area contributed by atoms with Crippen LogP contribution in [0.1, 0.15) is 77.4 Å². The fraction of sp³-hybridized carbons (Fsp3) is 0.477. The van der Waals surface area contributed by atoms with Gasteiger partial charge in [-0.05, 0) is 93.1 Å². The molecule has 0 radical (unpaired) electrons. The molecule has 2 N–H and O–H groups in total. The zero-order chi connectivity index (χ0) is 41.2. The number of rotatable bonds is 13. The topological polar surface area (TPSA) is 132 Å². The predicted molar refractivity (Wildman–Crippen MR) is 226 cm³/mol. The van der Waals surface area contributed by atoms with E-state index in [4.69, 9.17) is 19.4 Å². The minimum Gasteiger partial charge on any atom is -0.493 e. The second-order valence-corrected chi connectivity index (χ2v) is 17.1.